The Morgan fingerprint density at radius 3 is 2.78 bits per heavy atom. The van der Waals surface area contributed by atoms with Gasteiger partial charge < -0.3 is 9.72 Å². The van der Waals surface area contributed by atoms with E-state index in [2.05, 4.69) is 40.2 Å². The van der Waals surface area contributed by atoms with Gasteiger partial charge in [-0.3, -0.25) is 4.90 Å². The van der Waals surface area contributed by atoms with Gasteiger partial charge in [0.05, 0.1) is 24.4 Å². The third kappa shape index (κ3) is 3.34. The third-order valence-corrected chi connectivity index (χ3v) is 5.53. The Bertz CT molecular complexity index is 1020. The Morgan fingerprint density at radius 1 is 1.19 bits per heavy atom. The van der Waals surface area contributed by atoms with Crippen LogP contribution in [0.15, 0.2) is 36.5 Å². The molecule has 1 aliphatic heterocycles. The van der Waals surface area contributed by atoms with Crippen LogP contribution in [-0.4, -0.2) is 41.2 Å². The summed E-state index contributed by atoms with van der Waals surface area (Å²) in [7, 11) is 0. The highest BCUT2D eigenvalue weighted by atomic mass is 16.5. The van der Waals surface area contributed by atoms with Crippen molar-refractivity contribution in [3.63, 3.8) is 0 Å². The minimum atomic E-state index is 0.570. The SMILES string of the molecule is N#Cc1cc(-c2cc(C3CC3)c3cc(CN4CCOCC4)ccc3n2)c[nH]1. The number of pyridine rings is 1. The molecule has 27 heavy (non-hydrogen) atoms. The molecule has 0 radical (unpaired) electrons. The molecule has 5 nitrogen and oxygen atoms in total. The highest BCUT2D eigenvalue weighted by molar-refractivity contribution is 5.86. The lowest BCUT2D eigenvalue weighted by molar-refractivity contribution is 0.0342. The first kappa shape index (κ1) is 16.5. The molecule has 5 rings (SSSR count). The van der Waals surface area contributed by atoms with Gasteiger partial charge in [-0.1, -0.05) is 6.07 Å². The lowest BCUT2D eigenvalue weighted by Gasteiger charge is -2.26. The summed E-state index contributed by atoms with van der Waals surface area (Å²) in [6, 6.07) is 12.9. The van der Waals surface area contributed by atoms with E-state index in [1.54, 1.807) is 0 Å². The van der Waals surface area contributed by atoms with Crippen molar-refractivity contribution in [1.29, 1.82) is 5.26 Å². The topological polar surface area (TPSA) is 64.9 Å². The maximum absolute atomic E-state index is 9.07. The Balaban J connectivity index is 1.53. The van der Waals surface area contributed by atoms with Crippen LogP contribution in [-0.2, 0) is 11.3 Å². The van der Waals surface area contributed by atoms with E-state index in [-0.39, 0.29) is 0 Å². The Morgan fingerprint density at radius 2 is 2.04 bits per heavy atom. The van der Waals surface area contributed by atoms with Gasteiger partial charge in [0.25, 0.3) is 0 Å². The quantitative estimate of drug-likeness (QED) is 0.770. The first-order valence-electron chi connectivity index (χ1n) is 9.63. The number of rotatable bonds is 4. The number of nitrogens with one attached hydrogen (secondary N) is 1. The van der Waals surface area contributed by atoms with Crippen molar-refractivity contribution in [1.82, 2.24) is 14.9 Å². The average Bonchev–Trinajstić information content (AvgIpc) is 3.44. The Hall–Kier alpha value is -2.68. The van der Waals surface area contributed by atoms with Crippen molar-refractivity contribution in [2.24, 2.45) is 0 Å². The molecule has 1 N–H and O–H groups in total. The summed E-state index contributed by atoms with van der Waals surface area (Å²) in [5, 5.41) is 10.4. The van der Waals surface area contributed by atoms with Gasteiger partial charge in [-0.05, 0) is 54.2 Å². The molecule has 0 atom stereocenters. The smallest absolute Gasteiger partial charge is 0.118 e. The van der Waals surface area contributed by atoms with Crippen molar-refractivity contribution in [2.75, 3.05) is 26.3 Å². The number of aromatic nitrogens is 2. The van der Waals surface area contributed by atoms with Crippen LogP contribution in [0, 0.1) is 11.3 Å². The second kappa shape index (κ2) is 6.80. The monoisotopic (exact) mass is 358 g/mol. The normalized spacial score (nSPS) is 17.9. The molecule has 0 spiro atoms. The largest absolute Gasteiger partial charge is 0.379 e. The average molecular weight is 358 g/mol. The zero-order valence-electron chi connectivity index (χ0n) is 15.2. The zero-order valence-corrected chi connectivity index (χ0v) is 15.2. The number of aromatic amines is 1. The van der Waals surface area contributed by atoms with Crippen molar-refractivity contribution in [3.8, 4) is 17.3 Å². The minimum absolute atomic E-state index is 0.570. The number of ether oxygens (including phenoxy) is 1. The molecule has 2 aromatic heterocycles. The van der Waals surface area contributed by atoms with Crippen LogP contribution in [0.5, 0.6) is 0 Å². The van der Waals surface area contributed by atoms with Gasteiger partial charge in [0.15, 0.2) is 0 Å². The fourth-order valence-electron chi connectivity index (χ4n) is 3.90. The molecule has 0 unspecified atom stereocenters. The fraction of sp³-hybridized carbons (Fsp3) is 0.364. The van der Waals surface area contributed by atoms with E-state index in [0.717, 1.165) is 49.6 Å². The summed E-state index contributed by atoms with van der Waals surface area (Å²) in [5.74, 6) is 0.641. The number of benzene rings is 1. The number of nitrogens with zero attached hydrogens (tertiary/aromatic N) is 3. The van der Waals surface area contributed by atoms with Crippen LogP contribution >= 0.6 is 0 Å². The summed E-state index contributed by atoms with van der Waals surface area (Å²) in [6.07, 6.45) is 4.38. The third-order valence-electron chi connectivity index (χ3n) is 5.53. The predicted octanol–water partition coefficient (Wildman–Crippen LogP) is 3.81. The molecule has 1 saturated carbocycles. The van der Waals surface area contributed by atoms with Gasteiger partial charge >= 0.3 is 0 Å². The molecule has 1 aromatic carbocycles. The van der Waals surface area contributed by atoms with Crippen molar-refractivity contribution in [2.45, 2.75) is 25.3 Å². The number of hydrogen-bond donors (Lipinski definition) is 1. The maximum Gasteiger partial charge on any atom is 0.118 e. The van der Waals surface area contributed by atoms with E-state index in [4.69, 9.17) is 15.0 Å². The van der Waals surface area contributed by atoms with Gasteiger partial charge in [0.1, 0.15) is 11.8 Å². The molecular weight excluding hydrogens is 336 g/mol. The molecule has 2 aliphatic rings. The van der Waals surface area contributed by atoms with Crippen LogP contribution in [0.1, 0.15) is 35.6 Å². The Kier molecular flexibility index (Phi) is 4.16. The molecule has 3 aromatic rings. The van der Waals surface area contributed by atoms with E-state index in [1.807, 2.05) is 12.3 Å². The molecule has 1 aliphatic carbocycles. The number of morpholine rings is 1. The second-order valence-electron chi connectivity index (χ2n) is 7.52. The van der Waals surface area contributed by atoms with Crippen LogP contribution in [0.3, 0.4) is 0 Å². The molecule has 1 saturated heterocycles. The lowest BCUT2D eigenvalue weighted by Crippen LogP contribution is -2.35. The summed E-state index contributed by atoms with van der Waals surface area (Å²) in [5.41, 5.74) is 6.28. The van der Waals surface area contributed by atoms with Crippen LogP contribution in [0.4, 0.5) is 0 Å². The maximum atomic E-state index is 9.07. The predicted molar refractivity (Wildman–Crippen MR) is 104 cm³/mol. The van der Waals surface area contributed by atoms with Crippen LogP contribution in [0.25, 0.3) is 22.2 Å². The van der Waals surface area contributed by atoms with E-state index in [1.165, 1.54) is 29.4 Å². The second-order valence-corrected chi connectivity index (χ2v) is 7.52. The number of H-pyrrole nitrogens is 1. The van der Waals surface area contributed by atoms with Gasteiger partial charge in [-0.15, -0.1) is 0 Å². The van der Waals surface area contributed by atoms with E-state index >= 15 is 0 Å². The molecular formula is C22H22N4O. The Labute approximate surface area is 158 Å². The minimum Gasteiger partial charge on any atom is -0.379 e. The van der Waals surface area contributed by atoms with Gasteiger partial charge in [0.2, 0.25) is 0 Å². The van der Waals surface area contributed by atoms with Gasteiger partial charge in [-0.25, -0.2) is 4.98 Å². The van der Waals surface area contributed by atoms with Gasteiger partial charge in [-0.2, -0.15) is 5.26 Å². The molecule has 5 heteroatoms. The molecule has 0 bridgehead atoms. The first-order chi connectivity index (χ1) is 13.3. The summed E-state index contributed by atoms with van der Waals surface area (Å²) < 4.78 is 5.46. The summed E-state index contributed by atoms with van der Waals surface area (Å²) in [4.78, 5) is 10.3. The first-order valence-corrected chi connectivity index (χ1v) is 9.63. The zero-order chi connectivity index (χ0) is 18.2. The summed E-state index contributed by atoms with van der Waals surface area (Å²) in [6.45, 7) is 4.62. The fourth-order valence-corrected chi connectivity index (χ4v) is 3.90. The van der Waals surface area contributed by atoms with Gasteiger partial charge in [0, 0.05) is 36.8 Å². The van der Waals surface area contributed by atoms with Crippen LogP contribution < -0.4 is 0 Å². The molecule has 0 amide bonds. The van der Waals surface area contributed by atoms with Crippen molar-refractivity contribution in [3.05, 3.63) is 53.3 Å². The molecule has 2 fully saturated rings. The molecule has 3 heterocycles. The van der Waals surface area contributed by atoms with Crippen molar-refractivity contribution >= 4 is 10.9 Å². The number of nitriles is 1. The summed E-state index contributed by atoms with van der Waals surface area (Å²) >= 11 is 0. The number of hydrogen-bond acceptors (Lipinski definition) is 4. The lowest BCUT2D eigenvalue weighted by atomic mass is 10.00. The van der Waals surface area contributed by atoms with Crippen molar-refractivity contribution < 1.29 is 4.74 Å². The van der Waals surface area contributed by atoms with E-state index in [0.29, 0.717) is 11.6 Å². The van der Waals surface area contributed by atoms with Crippen LogP contribution in [0.2, 0.25) is 0 Å². The standard InChI is InChI=1S/C22H22N4O/c23-12-18-10-17(13-24-18)22-11-19(16-2-3-16)20-9-15(1-4-21(20)25-22)14-26-5-7-27-8-6-26/h1,4,9-11,13,16,24H,2-3,5-8,14H2. The highest BCUT2D eigenvalue weighted by Crippen LogP contribution is 2.44. The highest BCUT2D eigenvalue weighted by Gasteiger charge is 2.26. The number of fused-ring (bicyclic) bond motifs is 1. The molecule has 136 valence electrons. The van der Waals surface area contributed by atoms with E-state index in [9.17, 15) is 0 Å². The van der Waals surface area contributed by atoms with E-state index < -0.39 is 0 Å².